The number of piperidine rings is 1. The molecule has 1 aliphatic carbocycles. The van der Waals surface area contributed by atoms with Crippen LogP contribution in [0.25, 0.3) is 0 Å². The van der Waals surface area contributed by atoms with Gasteiger partial charge in [0.1, 0.15) is 23.9 Å². The maximum atomic E-state index is 12.9. The van der Waals surface area contributed by atoms with Gasteiger partial charge in [-0.3, -0.25) is 9.69 Å². The van der Waals surface area contributed by atoms with E-state index >= 15 is 0 Å². The highest BCUT2D eigenvalue weighted by molar-refractivity contribution is 5.93. The third-order valence-electron chi connectivity index (χ3n) is 5.79. The lowest BCUT2D eigenvalue weighted by atomic mass is 10.0. The molecule has 1 saturated heterocycles. The largest absolute Gasteiger partial charge is 0.486 e. The van der Waals surface area contributed by atoms with E-state index in [4.69, 9.17) is 14.2 Å². The Morgan fingerprint density at radius 1 is 1.23 bits per heavy atom. The first-order valence-corrected chi connectivity index (χ1v) is 11.2. The van der Waals surface area contributed by atoms with Crippen molar-refractivity contribution in [3.05, 3.63) is 24.3 Å². The second kappa shape index (κ2) is 8.57. The fraction of sp³-hybridized carbons (Fsp3) is 0.652. The number of amides is 2. The minimum atomic E-state index is -0.825. The molecule has 0 aromatic heterocycles. The molecule has 2 atom stereocenters. The number of hydrogen-bond donors (Lipinski definition) is 2. The molecule has 0 radical (unpaired) electrons. The molecule has 170 valence electrons. The van der Waals surface area contributed by atoms with Crippen LogP contribution in [-0.4, -0.2) is 66.4 Å². The molecule has 0 spiro atoms. The average Bonchev–Trinajstić information content (AvgIpc) is 3.47. The molecule has 2 fully saturated rings. The molecule has 4 rings (SSSR count). The molecule has 2 amide bonds. The summed E-state index contributed by atoms with van der Waals surface area (Å²) in [5.41, 5.74) is -1.42. The number of carbonyl (C=O) groups excluding carboxylic acids is 2. The highest BCUT2D eigenvalue weighted by Gasteiger charge is 2.52. The molecular formula is C23H33N3O5. The normalized spacial score (nSPS) is 24.7. The van der Waals surface area contributed by atoms with E-state index in [9.17, 15) is 9.59 Å². The number of rotatable bonds is 5. The van der Waals surface area contributed by atoms with Gasteiger partial charge in [0.05, 0.1) is 0 Å². The van der Waals surface area contributed by atoms with E-state index < -0.39 is 17.2 Å². The van der Waals surface area contributed by atoms with Gasteiger partial charge in [-0.05, 0) is 65.1 Å². The third-order valence-corrected chi connectivity index (χ3v) is 5.79. The summed E-state index contributed by atoms with van der Waals surface area (Å²) in [6.07, 6.45) is 2.63. The summed E-state index contributed by atoms with van der Waals surface area (Å²) in [6.45, 7) is 8.42. The van der Waals surface area contributed by atoms with Crippen molar-refractivity contribution >= 4 is 12.0 Å². The van der Waals surface area contributed by atoms with Crippen molar-refractivity contribution in [3.63, 3.8) is 0 Å². The van der Waals surface area contributed by atoms with E-state index in [-0.39, 0.29) is 18.1 Å². The Morgan fingerprint density at radius 2 is 1.97 bits per heavy atom. The van der Waals surface area contributed by atoms with Crippen molar-refractivity contribution in [3.8, 4) is 11.5 Å². The summed E-state index contributed by atoms with van der Waals surface area (Å²) in [4.78, 5) is 27.3. The van der Waals surface area contributed by atoms with Crippen LogP contribution < -0.4 is 20.1 Å². The number of carbonyl (C=O) groups is 2. The third kappa shape index (κ3) is 5.61. The highest BCUT2D eigenvalue weighted by atomic mass is 16.6. The fourth-order valence-corrected chi connectivity index (χ4v) is 4.14. The van der Waals surface area contributed by atoms with Crippen LogP contribution in [0.1, 0.15) is 46.5 Å². The van der Waals surface area contributed by atoms with Crippen molar-refractivity contribution < 1.29 is 23.8 Å². The zero-order chi connectivity index (χ0) is 22.1. The first-order valence-electron chi connectivity index (χ1n) is 11.2. The van der Waals surface area contributed by atoms with Crippen molar-refractivity contribution in [2.75, 3.05) is 26.2 Å². The predicted molar refractivity (Wildman–Crippen MR) is 115 cm³/mol. The number of ether oxygens (including phenoxy) is 3. The molecule has 1 aromatic carbocycles. The summed E-state index contributed by atoms with van der Waals surface area (Å²) in [6, 6.07) is 7.77. The standard InChI is InChI=1S/C23H33N3O5/c1-22(2,3)31-21(28)25-23(10-11-23)20(27)24-16-7-6-12-26(13-16)14-17-15-29-18-8-4-5-9-19(18)30-17/h4-5,8-9,16-17H,6-7,10-15H2,1-3H3,(H,24,27)(H,25,28)/t16-,17-/m0/s1. The van der Waals surface area contributed by atoms with Gasteiger partial charge < -0.3 is 24.8 Å². The Labute approximate surface area is 183 Å². The summed E-state index contributed by atoms with van der Waals surface area (Å²) in [5, 5.41) is 5.93. The zero-order valence-electron chi connectivity index (χ0n) is 18.6. The van der Waals surface area contributed by atoms with Crippen molar-refractivity contribution in [2.45, 2.75) is 69.7 Å². The number of benzene rings is 1. The maximum absolute atomic E-state index is 12.9. The van der Waals surface area contributed by atoms with Crippen LogP contribution in [0.15, 0.2) is 24.3 Å². The molecule has 2 N–H and O–H groups in total. The van der Waals surface area contributed by atoms with Crippen LogP contribution in [-0.2, 0) is 9.53 Å². The quantitative estimate of drug-likeness (QED) is 0.745. The molecule has 8 heteroatoms. The number of para-hydroxylation sites is 2. The summed E-state index contributed by atoms with van der Waals surface area (Å²) < 4.78 is 17.2. The number of nitrogens with one attached hydrogen (secondary N) is 2. The molecule has 8 nitrogen and oxygen atoms in total. The Kier molecular flexibility index (Phi) is 6.01. The van der Waals surface area contributed by atoms with Crippen LogP contribution in [0.3, 0.4) is 0 Å². The Bertz CT molecular complexity index is 818. The molecule has 0 bridgehead atoms. The van der Waals surface area contributed by atoms with E-state index in [1.807, 2.05) is 45.0 Å². The van der Waals surface area contributed by atoms with Crippen molar-refractivity contribution in [2.24, 2.45) is 0 Å². The van der Waals surface area contributed by atoms with Gasteiger partial charge in [-0.15, -0.1) is 0 Å². The summed E-state index contributed by atoms with van der Waals surface area (Å²) in [5.74, 6) is 1.45. The van der Waals surface area contributed by atoms with Gasteiger partial charge in [0.2, 0.25) is 5.91 Å². The molecule has 3 aliphatic rings. The Hall–Kier alpha value is -2.48. The van der Waals surface area contributed by atoms with Crippen molar-refractivity contribution in [1.29, 1.82) is 0 Å². The number of nitrogens with zero attached hydrogens (tertiary/aromatic N) is 1. The minimum absolute atomic E-state index is 0.0343. The first-order chi connectivity index (χ1) is 14.7. The SMILES string of the molecule is CC(C)(C)OC(=O)NC1(C(=O)N[C@H]2CCCN(C[C@H]3COc4ccccc4O3)C2)CC1. The molecule has 2 aliphatic heterocycles. The molecule has 31 heavy (non-hydrogen) atoms. The lowest BCUT2D eigenvalue weighted by molar-refractivity contribution is -0.125. The van der Waals surface area contributed by atoms with Crippen molar-refractivity contribution in [1.82, 2.24) is 15.5 Å². The van der Waals surface area contributed by atoms with Gasteiger partial charge in [0.15, 0.2) is 11.5 Å². The van der Waals surface area contributed by atoms with E-state index in [1.54, 1.807) is 0 Å². The highest BCUT2D eigenvalue weighted by Crippen LogP contribution is 2.36. The topological polar surface area (TPSA) is 89.1 Å². The maximum Gasteiger partial charge on any atom is 0.408 e. The second-order valence-electron chi connectivity index (χ2n) is 9.78. The van der Waals surface area contributed by atoms with Crippen LogP contribution in [0, 0.1) is 0 Å². The molecule has 2 heterocycles. The minimum Gasteiger partial charge on any atom is -0.486 e. The van der Waals surface area contributed by atoms with Gasteiger partial charge in [0, 0.05) is 19.1 Å². The average molecular weight is 432 g/mol. The van der Waals surface area contributed by atoms with E-state index in [0.717, 1.165) is 44.0 Å². The monoisotopic (exact) mass is 431 g/mol. The van der Waals surface area contributed by atoms with Gasteiger partial charge >= 0.3 is 6.09 Å². The van der Waals surface area contributed by atoms with Gasteiger partial charge in [-0.25, -0.2) is 4.79 Å². The zero-order valence-corrected chi connectivity index (χ0v) is 18.6. The van der Waals surface area contributed by atoms with Crippen LogP contribution in [0.5, 0.6) is 11.5 Å². The first kappa shape index (κ1) is 21.7. The predicted octanol–water partition coefficient (Wildman–Crippen LogP) is 2.46. The molecule has 1 aromatic rings. The van der Waals surface area contributed by atoms with E-state index in [1.165, 1.54) is 0 Å². The Morgan fingerprint density at radius 3 is 2.68 bits per heavy atom. The van der Waals surface area contributed by atoms with E-state index in [0.29, 0.717) is 19.4 Å². The van der Waals surface area contributed by atoms with Gasteiger partial charge in [-0.1, -0.05) is 12.1 Å². The lowest BCUT2D eigenvalue weighted by Crippen LogP contribution is -2.56. The van der Waals surface area contributed by atoms with E-state index in [2.05, 4.69) is 15.5 Å². The van der Waals surface area contributed by atoms with Crippen LogP contribution >= 0.6 is 0 Å². The molecule has 1 saturated carbocycles. The number of likely N-dealkylation sites (tertiary alicyclic amines) is 1. The molecular weight excluding hydrogens is 398 g/mol. The number of fused-ring (bicyclic) bond motifs is 1. The van der Waals surface area contributed by atoms with Gasteiger partial charge in [-0.2, -0.15) is 0 Å². The smallest absolute Gasteiger partial charge is 0.408 e. The second-order valence-corrected chi connectivity index (χ2v) is 9.78. The lowest BCUT2D eigenvalue weighted by Gasteiger charge is -2.37. The Balaban J connectivity index is 1.26. The van der Waals surface area contributed by atoms with Crippen LogP contribution in [0.2, 0.25) is 0 Å². The molecule has 0 unspecified atom stereocenters. The fourth-order valence-electron chi connectivity index (χ4n) is 4.14. The summed E-state index contributed by atoms with van der Waals surface area (Å²) in [7, 11) is 0. The van der Waals surface area contributed by atoms with Gasteiger partial charge in [0.25, 0.3) is 0 Å². The number of alkyl carbamates (subject to hydrolysis) is 1. The number of hydrogen-bond acceptors (Lipinski definition) is 6. The summed E-state index contributed by atoms with van der Waals surface area (Å²) >= 11 is 0. The van der Waals surface area contributed by atoms with Crippen LogP contribution in [0.4, 0.5) is 4.79 Å².